The van der Waals surface area contributed by atoms with Gasteiger partial charge in [-0.1, -0.05) is 24.3 Å². The highest BCUT2D eigenvalue weighted by atomic mass is 16.5. The van der Waals surface area contributed by atoms with Crippen molar-refractivity contribution in [3.63, 3.8) is 0 Å². The lowest BCUT2D eigenvalue weighted by molar-refractivity contribution is -0.121. The van der Waals surface area contributed by atoms with Crippen LogP contribution in [0.25, 0.3) is 0 Å². The number of benzene rings is 2. The van der Waals surface area contributed by atoms with Crippen LogP contribution in [0.15, 0.2) is 48.5 Å². The van der Waals surface area contributed by atoms with Gasteiger partial charge in [-0.2, -0.15) is 0 Å². The van der Waals surface area contributed by atoms with Gasteiger partial charge in [-0.3, -0.25) is 20.4 Å². The first-order chi connectivity index (χ1) is 10.6. The van der Waals surface area contributed by atoms with E-state index in [-0.39, 0.29) is 18.2 Å². The van der Waals surface area contributed by atoms with Crippen molar-refractivity contribution >= 4 is 11.8 Å². The molecule has 0 atom stereocenters. The van der Waals surface area contributed by atoms with Crippen LogP contribution in [0.3, 0.4) is 0 Å². The van der Waals surface area contributed by atoms with E-state index in [4.69, 9.17) is 4.74 Å². The Hall–Kier alpha value is -2.82. The molecule has 5 heteroatoms. The highest BCUT2D eigenvalue weighted by Crippen LogP contribution is 2.11. The van der Waals surface area contributed by atoms with Gasteiger partial charge in [0.15, 0.2) is 0 Å². The molecule has 0 bridgehead atoms. The first kappa shape index (κ1) is 15.6. The van der Waals surface area contributed by atoms with Crippen molar-refractivity contribution in [3.05, 3.63) is 65.2 Å². The average molecular weight is 298 g/mol. The quantitative estimate of drug-likeness (QED) is 0.848. The fourth-order valence-electron chi connectivity index (χ4n) is 1.97. The molecule has 2 aromatic carbocycles. The Balaban J connectivity index is 1.87. The second-order valence-corrected chi connectivity index (χ2v) is 4.83. The van der Waals surface area contributed by atoms with E-state index in [1.807, 2.05) is 31.2 Å². The molecule has 0 fully saturated rings. The number of hydrogen-bond acceptors (Lipinski definition) is 3. The Morgan fingerprint density at radius 3 is 2.32 bits per heavy atom. The van der Waals surface area contributed by atoms with E-state index in [1.165, 1.54) is 0 Å². The fourth-order valence-corrected chi connectivity index (χ4v) is 1.97. The lowest BCUT2D eigenvalue weighted by Crippen LogP contribution is -2.42. The Bertz CT molecular complexity index is 666. The Labute approximate surface area is 129 Å². The van der Waals surface area contributed by atoms with Crippen LogP contribution in [0.1, 0.15) is 21.5 Å². The number of rotatable bonds is 4. The van der Waals surface area contributed by atoms with Gasteiger partial charge in [0.25, 0.3) is 5.91 Å². The van der Waals surface area contributed by atoms with Gasteiger partial charge < -0.3 is 4.74 Å². The maximum absolute atomic E-state index is 11.9. The zero-order valence-corrected chi connectivity index (χ0v) is 12.6. The second kappa shape index (κ2) is 7.26. The smallest absolute Gasteiger partial charge is 0.269 e. The highest BCUT2D eigenvalue weighted by molar-refractivity contribution is 5.95. The van der Waals surface area contributed by atoms with Crippen LogP contribution in [0.5, 0.6) is 5.75 Å². The summed E-state index contributed by atoms with van der Waals surface area (Å²) in [5.41, 5.74) is 7.22. The minimum Gasteiger partial charge on any atom is -0.497 e. The zero-order chi connectivity index (χ0) is 15.9. The Kier molecular flexibility index (Phi) is 5.14. The molecule has 2 aromatic rings. The SMILES string of the molecule is COc1ccc(C(=O)NNC(=O)Cc2ccccc2C)cc1. The zero-order valence-electron chi connectivity index (χ0n) is 12.6. The van der Waals surface area contributed by atoms with E-state index in [1.54, 1.807) is 31.4 Å². The summed E-state index contributed by atoms with van der Waals surface area (Å²) >= 11 is 0. The van der Waals surface area contributed by atoms with Crippen LogP contribution in [-0.2, 0) is 11.2 Å². The third-order valence-electron chi connectivity index (χ3n) is 3.28. The second-order valence-electron chi connectivity index (χ2n) is 4.83. The normalized spacial score (nSPS) is 9.91. The molecule has 0 aromatic heterocycles. The standard InChI is InChI=1S/C17H18N2O3/c1-12-5-3-4-6-14(12)11-16(20)18-19-17(21)13-7-9-15(22-2)10-8-13/h3-10H,11H2,1-2H3,(H,18,20)(H,19,21). The molecule has 0 saturated heterocycles. The van der Waals surface area contributed by atoms with E-state index >= 15 is 0 Å². The van der Waals surface area contributed by atoms with Gasteiger partial charge in [0.1, 0.15) is 5.75 Å². The van der Waals surface area contributed by atoms with Crippen molar-refractivity contribution in [1.29, 1.82) is 0 Å². The minimum atomic E-state index is -0.374. The monoisotopic (exact) mass is 298 g/mol. The summed E-state index contributed by atoms with van der Waals surface area (Å²) in [4.78, 5) is 23.8. The summed E-state index contributed by atoms with van der Waals surface area (Å²) in [6, 6.07) is 14.3. The molecule has 0 spiro atoms. The molecule has 2 rings (SSSR count). The molecule has 5 nitrogen and oxygen atoms in total. The number of ether oxygens (including phenoxy) is 1. The summed E-state index contributed by atoms with van der Waals surface area (Å²) in [6.07, 6.45) is 0.218. The van der Waals surface area contributed by atoms with Gasteiger partial charge >= 0.3 is 0 Å². The molecule has 114 valence electrons. The van der Waals surface area contributed by atoms with Crippen molar-refractivity contribution < 1.29 is 14.3 Å². The Morgan fingerprint density at radius 1 is 1.00 bits per heavy atom. The number of aryl methyl sites for hydroxylation is 1. The van der Waals surface area contributed by atoms with Crippen LogP contribution in [0.2, 0.25) is 0 Å². The van der Waals surface area contributed by atoms with Gasteiger partial charge in [0.05, 0.1) is 13.5 Å². The van der Waals surface area contributed by atoms with Crippen LogP contribution in [-0.4, -0.2) is 18.9 Å². The third kappa shape index (κ3) is 4.09. The maximum atomic E-state index is 11.9. The van der Waals surface area contributed by atoms with Gasteiger partial charge in [-0.25, -0.2) is 0 Å². The lowest BCUT2D eigenvalue weighted by atomic mass is 10.1. The molecule has 2 amide bonds. The molecule has 0 heterocycles. The number of hydrazine groups is 1. The van der Waals surface area contributed by atoms with Crippen molar-refractivity contribution in [2.45, 2.75) is 13.3 Å². The Morgan fingerprint density at radius 2 is 1.68 bits per heavy atom. The summed E-state index contributed by atoms with van der Waals surface area (Å²) in [5, 5.41) is 0. The minimum absolute atomic E-state index is 0.218. The van der Waals surface area contributed by atoms with E-state index in [0.717, 1.165) is 11.1 Å². The summed E-state index contributed by atoms with van der Waals surface area (Å²) in [6.45, 7) is 1.94. The molecule has 0 radical (unpaired) electrons. The average Bonchev–Trinajstić information content (AvgIpc) is 2.55. The number of amides is 2. The van der Waals surface area contributed by atoms with E-state index in [9.17, 15) is 9.59 Å². The lowest BCUT2D eigenvalue weighted by Gasteiger charge is -2.09. The number of methoxy groups -OCH3 is 1. The molecule has 2 N–H and O–H groups in total. The number of carbonyl (C=O) groups excluding carboxylic acids is 2. The third-order valence-corrected chi connectivity index (χ3v) is 3.28. The first-order valence-electron chi connectivity index (χ1n) is 6.88. The predicted molar refractivity (Wildman–Crippen MR) is 83.5 cm³/mol. The summed E-state index contributed by atoms with van der Waals surface area (Å²) < 4.78 is 5.02. The number of carbonyl (C=O) groups is 2. The van der Waals surface area contributed by atoms with E-state index in [0.29, 0.717) is 11.3 Å². The molecule has 0 unspecified atom stereocenters. The maximum Gasteiger partial charge on any atom is 0.269 e. The predicted octanol–water partition coefficient (Wildman–Crippen LogP) is 2.01. The molecule has 0 aliphatic rings. The van der Waals surface area contributed by atoms with Gasteiger partial charge in [0, 0.05) is 5.56 Å². The largest absolute Gasteiger partial charge is 0.497 e. The molecular formula is C17H18N2O3. The molecular weight excluding hydrogens is 280 g/mol. The van der Waals surface area contributed by atoms with Gasteiger partial charge in [-0.05, 0) is 42.3 Å². The number of hydrogen-bond donors (Lipinski definition) is 2. The summed E-state index contributed by atoms with van der Waals surface area (Å²) in [7, 11) is 1.56. The van der Waals surface area contributed by atoms with Crippen LogP contribution in [0.4, 0.5) is 0 Å². The van der Waals surface area contributed by atoms with Crippen LogP contribution >= 0.6 is 0 Å². The van der Waals surface area contributed by atoms with Crippen LogP contribution < -0.4 is 15.6 Å². The molecule has 0 saturated carbocycles. The van der Waals surface area contributed by atoms with Gasteiger partial charge in [-0.15, -0.1) is 0 Å². The van der Waals surface area contributed by atoms with Crippen molar-refractivity contribution in [2.75, 3.05) is 7.11 Å². The topological polar surface area (TPSA) is 67.4 Å². The molecule has 0 aliphatic heterocycles. The first-order valence-corrected chi connectivity index (χ1v) is 6.88. The van der Waals surface area contributed by atoms with Crippen molar-refractivity contribution in [1.82, 2.24) is 10.9 Å². The highest BCUT2D eigenvalue weighted by Gasteiger charge is 2.09. The van der Waals surface area contributed by atoms with Gasteiger partial charge in [0.2, 0.25) is 5.91 Å². The van der Waals surface area contributed by atoms with Crippen molar-refractivity contribution in [2.24, 2.45) is 0 Å². The molecule has 22 heavy (non-hydrogen) atoms. The van der Waals surface area contributed by atoms with E-state index < -0.39 is 0 Å². The number of nitrogens with one attached hydrogen (secondary N) is 2. The van der Waals surface area contributed by atoms with Crippen molar-refractivity contribution in [3.8, 4) is 5.75 Å². The fraction of sp³-hybridized carbons (Fsp3) is 0.176. The van der Waals surface area contributed by atoms with Crippen LogP contribution in [0, 0.1) is 6.92 Å². The van der Waals surface area contributed by atoms with E-state index in [2.05, 4.69) is 10.9 Å². The molecule has 0 aliphatic carbocycles. The summed E-state index contributed by atoms with van der Waals surface area (Å²) in [5.74, 6) is 0.0251.